The number of rotatable bonds is 5. The molecule has 0 bridgehead atoms. The van der Waals surface area contributed by atoms with Gasteiger partial charge in [0.05, 0.1) is 13.2 Å². The van der Waals surface area contributed by atoms with Gasteiger partial charge in [-0.05, 0) is 55.9 Å². The minimum absolute atomic E-state index is 0.0308. The molecule has 0 spiro atoms. The van der Waals surface area contributed by atoms with E-state index in [1.54, 1.807) is 24.3 Å². The lowest BCUT2D eigenvalue weighted by atomic mass is 9.75. The average Bonchev–Trinajstić information content (AvgIpc) is 2.66. The van der Waals surface area contributed by atoms with Gasteiger partial charge in [0.1, 0.15) is 5.75 Å². The molecule has 0 unspecified atom stereocenters. The van der Waals surface area contributed by atoms with E-state index in [9.17, 15) is 9.59 Å². The number of benzene rings is 1. The van der Waals surface area contributed by atoms with Crippen LogP contribution in [0.2, 0.25) is 0 Å². The Kier molecular flexibility index (Phi) is 5.95. The highest BCUT2D eigenvalue weighted by molar-refractivity contribution is 5.96. The van der Waals surface area contributed by atoms with Gasteiger partial charge in [-0.25, -0.2) is 0 Å². The molecule has 25 heavy (non-hydrogen) atoms. The summed E-state index contributed by atoms with van der Waals surface area (Å²) in [4.78, 5) is 26.6. The number of fused-ring (bicyclic) bond motifs is 1. The second-order valence-corrected chi connectivity index (χ2v) is 7.07. The maximum absolute atomic E-state index is 12.4. The molecular formula is C20H28N2O3. The van der Waals surface area contributed by atoms with Crippen LogP contribution in [0.15, 0.2) is 24.3 Å². The maximum Gasteiger partial charge on any atom is 0.251 e. The molecule has 5 heteroatoms. The average molecular weight is 344 g/mol. The van der Waals surface area contributed by atoms with Crippen LogP contribution in [0.4, 0.5) is 0 Å². The molecule has 2 atom stereocenters. The second-order valence-electron chi connectivity index (χ2n) is 7.07. The lowest BCUT2D eigenvalue weighted by Crippen LogP contribution is -2.48. The zero-order valence-electron chi connectivity index (χ0n) is 15.0. The molecule has 5 nitrogen and oxygen atoms in total. The molecule has 1 aromatic carbocycles. The standard InChI is InChI=1S/C20H28N2O3/c1-2-25-18-9-7-16(8-10-18)20(24)21-13-19(23)22-12-11-15-5-3-4-6-17(15)14-22/h7-10,15,17H,2-6,11-14H2,1H3,(H,21,24)/t15-,17-/m1/s1. The molecule has 1 N–H and O–H groups in total. The van der Waals surface area contributed by atoms with Gasteiger partial charge < -0.3 is 15.0 Å². The topological polar surface area (TPSA) is 58.6 Å². The molecular weight excluding hydrogens is 316 g/mol. The molecule has 3 rings (SSSR count). The number of piperidine rings is 1. The Hall–Kier alpha value is -2.04. The van der Waals surface area contributed by atoms with Crippen molar-refractivity contribution in [1.82, 2.24) is 10.2 Å². The highest BCUT2D eigenvalue weighted by atomic mass is 16.5. The first-order chi connectivity index (χ1) is 12.2. The Balaban J connectivity index is 1.47. The fourth-order valence-electron chi connectivity index (χ4n) is 4.07. The van der Waals surface area contributed by atoms with Gasteiger partial charge >= 0.3 is 0 Å². The van der Waals surface area contributed by atoms with Crippen LogP contribution in [-0.2, 0) is 4.79 Å². The monoisotopic (exact) mass is 344 g/mol. The summed E-state index contributed by atoms with van der Waals surface area (Å²) in [5.41, 5.74) is 0.544. The second kappa shape index (κ2) is 8.37. The number of carbonyl (C=O) groups excluding carboxylic acids is 2. The molecule has 1 saturated carbocycles. The van der Waals surface area contributed by atoms with Crippen molar-refractivity contribution >= 4 is 11.8 Å². The number of ether oxygens (including phenoxy) is 1. The van der Waals surface area contributed by atoms with Crippen molar-refractivity contribution < 1.29 is 14.3 Å². The van der Waals surface area contributed by atoms with Crippen molar-refractivity contribution in [3.8, 4) is 5.75 Å². The third-order valence-corrected chi connectivity index (χ3v) is 5.47. The molecule has 0 aromatic heterocycles. The summed E-state index contributed by atoms with van der Waals surface area (Å²) in [5.74, 6) is 2.02. The molecule has 1 aliphatic carbocycles. The predicted octanol–water partition coefficient (Wildman–Crippen LogP) is 2.85. The minimum atomic E-state index is -0.219. The molecule has 1 aliphatic heterocycles. The minimum Gasteiger partial charge on any atom is -0.494 e. The van der Waals surface area contributed by atoms with E-state index in [2.05, 4.69) is 5.32 Å². The summed E-state index contributed by atoms with van der Waals surface area (Å²) in [6.07, 6.45) is 6.31. The first-order valence-electron chi connectivity index (χ1n) is 9.46. The lowest BCUT2D eigenvalue weighted by Gasteiger charge is -2.41. The molecule has 2 amide bonds. The fraction of sp³-hybridized carbons (Fsp3) is 0.600. The van der Waals surface area contributed by atoms with Gasteiger partial charge in [0.25, 0.3) is 5.91 Å². The number of hydrogen-bond donors (Lipinski definition) is 1. The van der Waals surface area contributed by atoms with Gasteiger partial charge in [0.15, 0.2) is 0 Å². The van der Waals surface area contributed by atoms with E-state index in [1.807, 2.05) is 11.8 Å². The summed E-state index contributed by atoms with van der Waals surface area (Å²) < 4.78 is 5.37. The van der Waals surface area contributed by atoms with Gasteiger partial charge in [-0.2, -0.15) is 0 Å². The molecule has 136 valence electrons. The van der Waals surface area contributed by atoms with Crippen LogP contribution in [0.3, 0.4) is 0 Å². The predicted molar refractivity (Wildman–Crippen MR) is 96.6 cm³/mol. The quantitative estimate of drug-likeness (QED) is 0.893. The first-order valence-corrected chi connectivity index (χ1v) is 9.46. The summed E-state index contributed by atoms with van der Waals surface area (Å²) in [5, 5.41) is 2.75. The van der Waals surface area contributed by atoms with E-state index >= 15 is 0 Å². The van der Waals surface area contributed by atoms with Crippen LogP contribution in [-0.4, -0.2) is 43.0 Å². The Morgan fingerprint density at radius 2 is 1.84 bits per heavy atom. The number of hydrogen-bond acceptors (Lipinski definition) is 3. The van der Waals surface area contributed by atoms with Crippen LogP contribution < -0.4 is 10.1 Å². The van der Waals surface area contributed by atoms with E-state index in [-0.39, 0.29) is 18.4 Å². The number of likely N-dealkylation sites (tertiary alicyclic amines) is 1. The lowest BCUT2D eigenvalue weighted by molar-refractivity contribution is -0.133. The van der Waals surface area contributed by atoms with E-state index < -0.39 is 0 Å². The van der Waals surface area contributed by atoms with Gasteiger partial charge in [0.2, 0.25) is 5.91 Å². The summed E-state index contributed by atoms with van der Waals surface area (Å²) in [6, 6.07) is 6.98. The van der Waals surface area contributed by atoms with E-state index in [1.165, 1.54) is 25.7 Å². The molecule has 1 aromatic rings. The van der Waals surface area contributed by atoms with Crippen LogP contribution in [0.1, 0.15) is 49.4 Å². The van der Waals surface area contributed by atoms with Gasteiger partial charge in [-0.1, -0.05) is 19.3 Å². The highest BCUT2D eigenvalue weighted by Gasteiger charge is 2.32. The number of nitrogens with one attached hydrogen (secondary N) is 1. The van der Waals surface area contributed by atoms with Gasteiger partial charge in [-0.15, -0.1) is 0 Å². The third kappa shape index (κ3) is 4.53. The Bertz CT molecular complexity index is 599. The summed E-state index contributed by atoms with van der Waals surface area (Å²) in [6.45, 7) is 4.28. The van der Waals surface area contributed by atoms with E-state index in [0.29, 0.717) is 18.1 Å². The molecule has 2 fully saturated rings. The van der Waals surface area contributed by atoms with Crippen molar-refractivity contribution in [2.45, 2.75) is 39.0 Å². The van der Waals surface area contributed by atoms with Crippen molar-refractivity contribution in [3.63, 3.8) is 0 Å². The first kappa shape index (κ1) is 17.8. The van der Waals surface area contributed by atoms with Crippen LogP contribution in [0.25, 0.3) is 0 Å². The molecule has 2 aliphatic rings. The van der Waals surface area contributed by atoms with Crippen LogP contribution >= 0.6 is 0 Å². The largest absolute Gasteiger partial charge is 0.494 e. The summed E-state index contributed by atoms with van der Waals surface area (Å²) in [7, 11) is 0. The van der Waals surface area contributed by atoms with Crippen molar-refractivity contribution in [2.24, 2.45) is 11.8 Å². The Labute approximate surface area is 149 Å². The highest BCUT2D eigenvalue weighted by Crippen LogP contribution is 2.35. The molecule has 1 heterocycles. The normalized spacial score (nSPS) is 22.8. The number of nitrogens with zero attached hydrogens (tertiary/aromatic N) is 1. The van der Waals surface area contributed by atoms with Gasteiger partial charge in [0, 0.05) is 18.7 Å². The van der Waals surface area contributed by atoms with E-state index in [4.69, 9.17) is 4.74 Å². The Morgan fingerprint density at radius 3 is 2.56 bits per heavy atom. The SMILES string of the molecule is CCOc1ccc(C(=O)NCC(=O)N2CC[C@H]3CCCC[C@@H]3C2)cc1. The van der Waals surface area contributed by atoms with Gasteiger partial charge in [-0.3, -0.25) is 9.59 Å². The van der Waals surface area contributed by atoms with E-state index in [0.717, 1.165) is 31.2 Å². The zero-order chi connectivity index (χ0) is 17.6. The molecule has 1 saturated heterocycles. The number of amides is 2. The van der Waals surface area contributed by atoms with Crippen molar-refractivity contribution in [1.29, 1.82) is 0 Å². The summed E-state index contributed by atoms with van der Waals surface area (Å²) >= 11 is 0. The Morgan fingerprint density at radius 1 is 1.12 bits per heavy atom. The smallest absolute Gasteiger partial charge is 0.251 e. The maximum atomic E-state index is 12.4. The van der Waals surface area contributed by atoms with Crippen molar-refractivity contribution in [3.05, 3.63) is 29.8 Å². The molecule has 0 radical (unpaired) electrons. The fourth-order valence-corrected chi connectivity index (χ4v) is 4.07. The van der Waals surface area contributed by atoms with Crippen LogP contribution in [0.5, 0.6) is 5.75 Å². The van der Waals surface area contributed by atoms with Crippen LogP contribution in [0, 0.1) is 11.8 Å². The van der Waals surface area contributed by atoms with Crippen molar-refractivity contribution in [2.75, 3.05) is 26.2 Å². The zero-order valence-corrected chi connectivity index (χ0v) is 15.0. The third-order valence-electron chi connectivity index (χ3n) is 5.47. The number of carbonyl (C=O) groups is 2.